The Hall–Kier alpha value is -1.31. The molecule has 0 spiro atoms. The third kappa shape index (κ3) is 7.31. The van der Waals surface area contributed by atoms with E-state index in [9.17, 15) is 4.79 Å². The molecule has 1 amide bonds. The van der Waals surface area contributed by atoms with Crippen molar-refractivity contribution in [2.75, 3.05) is 6.61 Å². The number of carbonyl (C=O) groups excluding carboxylic acids is 1. The Kier molecular flexibility index (Phi) is 8.11. The van der Waals surface area contributed by atoms with Gasteiger partial charge in [-0.05, 0) is 25.3 Å². The molecule has 0 radical (unpaired) electrons. The summed E-state index contributed by atoms with van der Waals surface area (Å²) in [5, 5.41) is 13.5. The molecule has 0 aliphatic carbocycles. The number of nitrogens with one attached hydrogen (secondary N) is 1. The molecule has 116 valence electrons. The molecule has 2 N–H and O–H groups in total. The average molecular weight is 307 g/mol. The molecule has 1 rings (SSSR count). The molecule has 0 saturated carbocycles. The van der Waals surface area contributed by atoms with Gasteiger partial charge in [0.1, 0.15) is 0 Å². The van der Waals surface area contributed by atoms with Crippen molar-refractivity contribution >= 4 is 17.2 Å². The predicted molar refractivity (Wildman–Crippen MR) is 88.5 cm³/mol. The first kappa shape index (κ1) is 17.7. The van der Waals surface area contributed by atoms with Crippen LogP contribution < -0.4 is 5.32 Å². The number of aliphatic hydroxyl groups is 1. The summed E-state index contributed by atoms with van der Waals surface area (Å²) in [6, 6.07) is 2.01. The fourth-order valence-electron chi connectivity index (χ4n) is 1.94. The van der Waals surface area contributed by atoms with Crippen LogP contribution in [0, 0.1) is 17.8 Å². The molecule has 4 heteroatoms. The largest absolute Gasteiger partial charge is 0.395 e. The summed E-state index contributed by atoms with van der Waals surface area (Å²) < 4.78 is 0. The lowest BCUT2D eigenvalue weighted by Gasteiger charge is -2.13. The van der Waals surface area contributed by atoms with Gasteiger partial charge in [0.05, 0.1) is 17.0 Å². The van der Waals surface area contributed by atoms with Gasteiger partial charge in [-0.25, -0.2) is 0 Å². The van der Waals surface area contributed by atoms with Crippen molar-refractivity contribution in [3.05, 3.63) is 21.9 Å². The van der Waals surface area contributed by atoms with Gasteiger partial charge >= 0.3 is 0 Å². The Morgan fingerprint density at radius 2 is 2.14 bits per heavy atom. The topological polar surface area (TPSA) is 49.3 Å². The van der Waals surface area contributed by atoms with E-state index in [-0.39, 0.29) is 18.6 Å². The summed E-state index contributed by atoms with van der Waals surface area (Å²) in [5.41, 5.74) is 0.670. The highest BCUT2D eigenvalue weighted by molar-refractivity contribution is 7.10. The smallest absolute Gasteiger partial charge is 0.252 e. The molecular weight excluding hydrogens is 282 g/mol. The van der Waals surface area contributed by atoms with Crippen molar-refractivity contribution in [1.82, 2.24) is 5.32 Å². The van der Waals surface area contributed by atoms with Gasteiger partial charge in [0.2, 0.25) is 0 Å². The number of amides is 1. The van der Waals surface area contributed by atoms with Crippen molar-refractivity contribution in [3.8, 4) is 11.8 Å². The van der Waals surface area contributed by atoms with Crippen molar-refractivity contribution < 1.29 is 9.90 Å². The molecule has 0 aliphatic rings. The second-order valence-electron chi connectivity index (χ2n) is 5.67. The number of hydrogen-bond donors (Lipinski definition) is 2. The Bertz CT molecular complexity index is 496. The van der Waals surface area contributed by atoms with Gasteiger partial charge in [0.15, 0.2) is 0 Å². The molecule has 3 nitrogen and oxygen atoms in total. The Morgan fingerprint density at radius 3 is 2.81 bits per heavy atom. The molecule has 1 heterocycles. The second-order valence-corrected chi connectivity index (χ2v) is 6.59. The van der Waals surface area contributed by atoms with Crippen LogP contribution in [0.15, 0.2) is 11.4 Å². The van der Waals surface area contributed by atoms with Gasteiger partial charge in [-0.1, -0.05) is 38.5 Å². The summed E-state index contributed by atoms with van der Waals surface area (Å²) in [4.78, 5) is 13.0. The Balaban J connectivity index is 2.43. The number of carbonyl (C=O) groups is 1. The summed E-state index contributed by atoms with van der Waals surface area (Å²) in [6.45, 7) is 6.55. The number of aliphatic hydroxyl groups excluding tert-OH is 1. The van der Waals surface area contributed by atoms with Crippen LogP contribution in [0.2, 0.25) is 0 Å². The zero-order valence-electron chi connectivity index (χ0n) is 13.1. The third-order valence-electron chi connectivity index (χ3n) is 3.11. The van der Waals surface area contributed by atoms with Crippen LogP contribution in [0.4, 0.5) is 0 Å². The summed E-state index contributed by atoms with van der Waals surface area (Å²) in [6.07, 6.45) is 3.81. The van der Waals surface area contributed by atoms with Crippen LogP contribution in [0.1, 0.15) is 61.7 Å². The molecular formula is C17H25NO2S. The first-order valence-electron chi connectivity index (χ1n) is 7.52. The molecule has 1 unspecified atom stereocenters. The van der Waals surface area contributed by atoms with Crippen molar-refractivity contribution in [2.45, 2.75) is 52.5 Å². The lowest BCUT2D eigenvalue weighted by molar-refractivity contribution is 0.0938. The first-order chi connectivity index (χ1) is 10.0. The molecule has 0 fully saturated rings. The average Bonchev–Trinajstić information content (AvgIpc) is 2.87. The van der Waals surface area contributed by atoms with Crippen LogP contribution in [0.5, 0.6) is 0 Å². The second kappa shape index (κ2) is 9.59. The van der Waals surface area contributed by atoms with Crippen molar-refractivity contribution in [3.63, 3.8) is 0 Å². The van der Waals surface area contributed by atoms with E-state index in [1.54, 1.807) is 0 Å². The Morgan fingerprint density at radius 1 is 1.38 bits per heavy atom. The van der Waals surface area contributed by atoms with Crippen molar-refractivity contribution in [2.24, 2.45) is 5.92 Å². The molecule has 0 aliphatic heterocycles. The summed E-state index contributed by atoms with van der Waals surface area (Å²) in [5.74, 6) is 6.49. The highest BCUT2D eigenvalue weighted by Crippen LogP contribution is 2.14. The minimum absolute atomic E-state index is 0.0292. The van der Waals surface area contributed by atoms with Crippen LogP contribution >= 0.6 is 11.3 Å². The van der Waals surface area contributed by atoms with Crippen molar-refractivity contribution in [1.29, 1.82) is 0 Å². The maximum absolute atomic E-state index is 12.1. The van der Waals surface area contributed by atoms with Crippen LogP contribution in [-0.2, 0) is 0 Å². The monoisotopic (exact) mass is 307 g/mol. The van der Waals surface area contributed by atoms with E-state index in [0.717, 1.165) is 17.7 Å². The van der Waals surface area contributed by atoms with Crippen LogP contribution in [0.25, 0.3) is 0 Å². The van der Waals surface area contributed by atoms with E-state index in [4.69, 9.17) is 5.11 Å². The van der Waals surface area contributed by atoms with E-state index in [0.29, 0.717) is 17.9 Å². The van der Waals surface area contributed by atoms with Gasteiger partial charge in [-0.15, -0.1) is 11.3 Å². The maximum Gasteiger partial charge on any atom is 0.252 e. The minimum Gasteiger partial charge on any atom is -0.395 e. The highest BCUT2D eigenvalue weighted by Gasteiger charge is 2.11. The van der Waals surface area contributed by atoms with E-state index in [1.165, 1.54) is 17.8 Å². The minimum atomic E-state index is -0.0292. The standard InChI is InChI=1S/C17H25NO2S/c1-13(2)7-6-8-14(3)18-17(20)15-11-16(21-12-15)9-4-5-10-19/h11-14,19H,5-8,10H2,1-3H3,(H,18,20). The highest BCUT2D eigenvalue weighted by atomic mass is 32.1. The molecule has 21 heavy (non-hydrogen) atoms. The van der Waals surface area contributed by atoms with Gasteiger partial charge in [-0.2, -0.15) is 0 Å². The SMILES string of the molecule is CC(C)CCCC(C)NC(=O)c1csc(C#CCCO)c1. The fraction of sp³-hybridized carbons (Fsp3) is 0.588. The third-order valence-corrected chi connectivity index (χ3v) is 3.95. The summed E-state index contributed by atoms with van der Waals surface area (Å²) >= 11 is 1.46. The lowest BCUT2D eigenvalue weighted by atomic mass is 10.0. The normalized spacial score (nSPS) is 11.9. The van der Waals surface area contributed by atoms with E-state index >= 15 is 0 Å². The van der Waals surface area contributed by atoms with Crippen LogP contribution in [-0.4, -0.2) is 23.7 Å². The fourth-order valence-corrected chi connectivity index (χ4v) is 2.69. The zero-order chi connectivity index (χ0) is 15.7. The number of hydrogen-bond acceptors (Lipinski definition) is 3. The lowest BCUT2D eigenvalue weighted by Crippen LogP contribution is -2.32. The number of thiophene rings is 1. The van der Waals surface area contributed by atoms with Gasteiger partial charge in [0, 0.05) is 17.8 Å². The maximum atomic E-state index is 12.1. The molecule has 1 aromatic rings. The van der Waals surface area contributed by atoms with Crippen LogP contribution in [0.3, 0.4) is 0 Å². The molecule has 0 saturated heterocycles. The van der Waals surface area contributed by atoms with E-state index < -0.39 is 0 Å². The van der Waals surface area contributed by atoms with Gasteiger partial charge in [0.25, 0.3) is 5.91 Å². The molecule has 1 aromatic heterocycles. The molecule has 0 bridgehead atoms. The van der Waals surface area contributed by atoms with E-state index in [2.05, 4.69) is 31.0 Å². The molecule has 0 aromatic carbocycles. The molecule has 1 atom stereocenters. The van der Waals surface area contributed by atoms with Gasteiger partial charge < -0.3 is 10.4 Å². The zero-order valence-corrected chi connectivity index (χ0v) is 13.9. The predicted octanol–water partition coefficient (Wildman–Crippen LogP) is 3.43. The quantitative estimate of drug-likeness (QED) is 0.758. The Labute approximate surface area is 131 Å². The van der Waals surface area contributed by atoms with Gasteiger partial charge in [-0.3, -0.25) is 4.79 Å². The number of rotatable bonds is 7. The van der Waals surface area contributed by atoms with E-state index in [1.807, 2.05) is 18.4 Å². The first-order valence-corrected chi connectivity index (χ1v) is 8.40. The summed E-state index contributed by atoms with van der Waals surface area (Å²) in [7, 11) is 0.